The first-order valence-corrected chi connectivity index (χ1v) is 13.9. The molecule has 4 aromatic rings. The van der Waals surface area contributed by atoms with E-state index < -0.39 is 32.6 Å². The highest BCUT2D eigenvalue weighted by Crippen LogP contribution is 2.40. The summed E-state index contributed by atoms with van der Waals surface area (Å²) in [6.45, 7) is 4.13. The topological polar surface area (TPSA) is 99.2 Å². The van der Waals surface area contributed by atoms with E-state index in [1.165, 1.54) is 7.05 Å². The number of aromatic nitrogens is 2. The number of hydrogen-bond acceptors (Lipinski definition) is 5. The maximum Gasteiger partial charge on any atom is 0.416 e. The van der Waals surface area contributed by atoms with Crippen LogP contribution in [0.4, 0.5) is 13.2 Å². The average molecular weight is 561 g/mol. The van der Waals surface area contributed by atoms with Crippen LogP contribution in [0.1, 0.15) is 47.2 Å². The smallest absolute Gasteiger partial charge is 0.416 e. The average Bonchev–Trinajstić information content (AvgIpc) is 3.25. The zero-order chi connectivity index (χ0) is 28.6. The number of halogens is 3. The van der Waals surface area contributed by atoms with Crippen molar-refractivity contribution in [3.05, 3.63) is 94.8 Å². The molecule has 0 saturated heterocycles. The summed E-state index contributed by atoms with van der Waals surface area (Å²) in [5.74, 6) is 1.61. The van der Waals surface area contributed by atoms with Crippen LogP contribution in [-0.4, -0.2) is 32.1 Å². The van der Waals surface area contributed by atoms with Gasteiger partial charge in [0.15, 0.2) is 0 Å². The molecule has 0 aliphatic rings. The fraction of sp³-hybridized carbons (Fsp3) is 0.321. The number of benzene rings is 3. The van der Waals surface area contributed by atoms with Gasteiger partial charge in [-0.1, -0.05) is 37.3 Å². The first-order chi connectivity index (χ1) is 18.3. The second-order valence-electron chi connectivity index (χ2n) is 9.55. The van der Waals surface area contributed by atoms with E-state index in [4.69, 9.17) is 15.5 Å². The van der Waals surface area contributed by atoms with Gasteiger partial charge in [-0.3, -0.25) is 0 Å². The second-order valence-corrected chi connectivity index (χ2v) is 11.5. The van der Waals surface area contributed by atoms with E-state index in [-0.39, 0.29) is 5.56 Å². The van der Waals surface area contributed by atoms with Gasteiger partial charge in [0, 0.05) is 13.0 Å². The molecule has 0 fully saturated rings. The lowest BCUT2D eigenvalue weighted by atomic mass is 9.85. The van der Waals surface area contributed by atoms with Crippen molar-refractivity contribution in [3.8, 4) is 5.75 Å². The molecular formula is C28H31F3N4O3S. The predicted octanol–water partition coefficient (Wildman–Crippen LogP) is 5.14. The Bertz CT molecular complexity index is 1560. The van der Waals surface area contributed by atoms with Crippen molar-refractivity contribution in [1.82, 2.24) is 14.3 Å². The summed E-state index contributed by atoms with van der Waals surface area (Å²) in [5, 5.41) is -1.37. The fourth-order valence-corrected chi connectivity index (χ4v) is 6.37. The highest BCUT2D eigenvalue weighted by atomic mass is 32.2. The van der Waals surface area contributed by atoms with E-state index in [1.807, 2.05) is 37.3 Å². The number of fused-ring (bicyclic) bond motifs is 1. The monoisotopic (exact) mass is 560 g/mol. The van der Waals surface area contributed by atoms with Crippen LogP contribution >= 0.6 is 0 Å². The lowest BCUT2D eigenvalue weighted by Gasteiger charge is -2.34. The molecule has 1 heterocycles. The molecule has 0 aliphatic heterocycles. The Kier molecular flexibility index (Phi) is 7.79. The Morgan fingerprint density at radius 2 is 1.64 bits per heavy atom. The summed E-state index contributed by atoms with van der Waals surface area (Å²) < 4.78 is 75.4. The molecule has 0 amide bonds. The third-order valence-corrected chi connectivity index (χ3v) is 8.90. The second kappa shape index (κ2) is 10.6. The SMILES string of the molecule is CCc1nc2cc([C@@](C)(N)C(c3ccc(C(F)(F)F)cc3)S(=O)(=O)NC)ccc2n1Cc1ccc(OC)cc1. The number of nitrogens with zero attached hydrogens (tertiary/aromatic N) is 2. The molecule has 3 N–H and O–H groups in total. The maximum atomic E-state index is 13.2. The molecule has 4 rings (SSSR count). The molecule has 0 spiro atoms. The van der Waals surface area contributed by atoms with E-state index in [0.717, 1.165) is 46.9 Å². The fourth-order valence-electron chi connectivity index (χ4n) is 4.84. The molecule has 7 nitrogen and oxygen atoms in total. The van der Waals surface area contributed by atoms with Crippen molar-refractivity contribution in [3.63, 3.8) is 0 Å². The highest BCUT2D eigenvalue weighted by molar-refractivity contribution is 7.89. The number of methoxy groups -OCH3 is 1. The summed E-state index contributed by atoms with van der Waals surface area (Å²) in [6.07, 6.45) is -3.88. The number of aryl methyl sites for hydroxylation is 1. The lowest BCUT2D eigenvalue weighted by molar-refractivity contribution is -0.137. The summed E-state index contributed by atoms with van der Waals surface area (Å²) in [4.78, 5) is 4.78. The number of sulfonamides is 1. The number of ether oxygens (including phenoxy) is 1. The van der Waals surface area contributed by atoms with Gasteiger partial charge in [-0.05, 0) is 67.1 Å². The standard InChI is InChI=1S/C28H31F3N4O3S/c1-5-25-34-23-16-21(12-15-24(23)35(25)17-18-6-13-22(38-4)14-7-18)27(2,32)26(39(36,37)33-3)19-8-10-20(11-9-19)28(29,30)31/h6-16,26,33H,5,17,32H2,1-4H3/t26?,27-/m1/s1. The molecule has 0 saturated carbocycles. The van der Waals surface area contributed by atoms with Crippen LogP contribution in [0.25, 0.3) is 11.0 Å². The third-order valence-electron chi connectivity index (χ3n) is 6.95. The number of hydrogen-bond donors (Lipinski definition) is 2. The number of nitrogens with two attached hydrogens (primary N) is 1. The first kappa shape index (κ1) is 28.6. The zero-order valence-corrected chi connectivity index (χ0v) is 22.9. The van der Waals surface area contributed by atoms with E-state index in [0.29, 0.717) is 24.0 Å². The van der Waals surface area contributed by atoms with Gasteiger partial charge in [-0.25, -0.2) is 18.1 Å². The summed E-state index contributed by atoms with van der Waals surface area (Å²) in [5.41, 5.74) is 7.52. The van der Waals surface area contributed by atoms with Gasteiger partial charge < -0.3 is 15.0 Å². The summed E-state index contributed by atoms with van der Waals surface area (Å²) in [7, 11) is -1.21. The molecule has 0 bridgehead atoms. The molecule has 1 aromatic heterocycles. The van der Waals surface area contributed by atoms with Gasteiger partial charge in [0.1, 0.15) is 16.8 Å². The van der Waals surface area contributed by atoms with Gasteiger partial charge >= 0.3 is 6.18 Å². The first-order valence-electron chi connectivity index (χ1n) is 12.3. The van der Waals surface area contributed by atoms with E-state index in [2.05, 4.69) is 9.29 Å². The Morgan fingerprint density at radius 3 is 2.18 bits per heavy atom. The largest absolute Gasteiger partial charge is 0.497 e. The molecule has 11 heteroatoms. The third kappa shape index (κ3) is 5.66. The van der Waals surface area contributed by atoms with Gasteiger partial charge in [0.05, 0.1) is 29.2 Å². The summed E-state index contributed by atoms with van der Waals surface area (Å²) >= 11 is 0. The van der Waals surface area contributed by atoms with Crippen LogP contribution in [0.15, 0.2) is 66.7 Å². The van der Waals surface area contributed by atoms with Gasteiger partial charge in [0.2, 0.25) is 10.0 Å². The molecule has 39 heavy (non-hydrogen) atoms. The molecule has 0 aliphatic carbocycles. The molecule has 2 atom stereocenters. The van der Waals surface area contributed by atoms with Gasteiger partial charge in [0.25, 0.3) is 0 Å². The van der Waals surface area contributed by atoms with Crippen LogP contribution in [0.3, 0.4) is 0 Å². The van der Waals surface area contributed by atoms with Gasteiger partial charge in [-0.2, -0.15) is 13.2 Å². The lowest BCUT2D eigenvalue weighted by Crippen LogP contribution is -2.46. The minimum atomic E-state index is -4.55. The number of imidazole rings is 1. The Morgan fingerprint density at radius 1 is 1.03 bits per heavy atom. The Balaban J connectivity index is 1.77. The van der Waals surface area contributed by atoms with Crippen LogP contribution in [0.5, 0.6) is 5.75 Å². The highest BCUT2D eigenvalue weighted by Gasteiger charge is 2.43. The molecule has 1 unspecified atom stereocenters. The molecular weight excluding hydrogens is 529 g/mol. The van der Waals surface area contributed by atoms with E-state index in [9.17, 15) is 21.6 Å². The van der Waals surface area contributed by atoms with Crippen molar-refractivity contribution < 1.29 is 26.3 Å². The molecule has 208 valence electrons. The van der Waals surface area contributed by atoms with Crippen LogP contribution in [-0.2, 0) is 34.7 Å². The molecule has 0 radical (unpaired) electrons. The van der Waals surface area contributed by atoms with Crippen LogP contribution in [0.2, 0.25) is 0 Å². The number of rotatable bonds is 9. The van der Waals surface area contributed by atoms with Crippen molar-refractivity contribution in [2.45, 2.75) is 43.8 Å². The Labute approximate surface area is 225 Å². The number of nitrogens with one attached hydrogen (secondary N) is 1. The minimum Gasteiger partial charge on any atom is -0.497 e. The summed E-state index contributed by atoms with van der Waals surface area (Å²) in [6, 6.07) is 17.1. The predicted molar refractivity (Wildman–Crippen MR) is 145 cm³/mol. The van der Waals surface area contributed by atoms with E-state index in [1.54, 1.807) is 26.2 Å². The van der Waals surface area contributed by atoms with Crippen molar-refractivity contribution in [2.24, 2.45) is 5.73 Å². The van der Waals surface area contributed by atoms with Crippen LogP contribution < -0.4 is 15.2 Å². The van der Waals surface area contributed by atoms with Gasteiger partial charge in [-0.15, -0.1) is 0 Å². The minimum absolute atomic E-state index is 0.140. The van der Waals surface area contributed by atoms with Crippen LogP contribution in [0, 0.1) is 0 Å². The van der Waals surface area contributed by atoms with Crippen molar-refractivity contribution >= 4 is 21.1 Å². The maximum absolute atomic E-state index is 13.2. The molecule has 3 aromatic carbocycles. The van der Waals surface area contributed by atoms with Crippen molar-refractivity contribution in [2.75, 3.05) is 14.2 Å². The quantitative estimate of drug-likeness (QED) is 0.295. The van der Waals surface area contributed by atoms with E-state index >= 15 is 0 Å². The van der Waals surface area contributed by atoms with Crippen molar-refractivity contribution in [1.29, 1.82) is 0 Å². The number of alkyl halides is 3. The normalized spacial score (nSPS) is 14.8. The zero-order valence-electron chi connectivity index (χ0n) is 22.1. The Hall–Kier alpha value is -3.41.